The minimum atomic E-state index is -0.373. The summed E-state index contributed by atoms with van der Waals surface area (Å²) in [4.78, 5) is 4.63. The number of hydrogen-bond acceptors (Lipinski definition) is 6. The number of benzene rings is 2. The molecule has 2 aromatic carbocycles. The Hall–Kier alpha value is -3.92. The van der Waals surface area contributed by atoms with Crippen LogP contribution in [0.4, 0.5) is 5.95 Å². The van der Waals surface area contributed by atoms with E-state index in [2.05, 4.69) is 11.1 Å². The molecule has 3 aromatic rings. The Balaban J connectivity index is 1.97. The van der Waals surface area contributed by atoms with Gasteiger partial charge in [-0.2, -0.15) is 5.26 Å². The summed E-state index contributed by atoms with van der Waals surface area (Å²) >= 11 is 0. The van der Waals surface area contributed by atoms with Crippen LogP contribution in [0.15, 0.2) is 53.8 Å². The molecule has 0 amide bonds. The Bertz CT molecular complexity index is 1190. The average molecular weight is 402 g/mol. The van der Waals surface area contributed by atoms with Crippen LogP contribution in [0.5, 0.6) is 17.4 Å². The van der Waals surface area contributed by atoms with Crippen LogP contribution in [-0.4, -0.2) is 23.8 Å². The number of nitrogens with two attached hydrogens (primary N) is 1. The number of ether oxygens (including phenoxy) is 3. The highest BCUT2D eigenvalue weighted by Gasteiger charge is 2.36. The van der Waals surface area contributed by atoms with Gasteiger partial charge in [-0.25, -0.2) is 9.55 Å². The smallest absolute Gasteiger partial charge is 0.231 e. The maximum Gasteiger partial charge on any atom is 0.231 e. The van der Waals surface area contributed by atoms with Crippen molar-refractivity contribution < 1.29 is 14.2 Å². The summed E-state index contributed by atoms with van der Waals surface area (Å²) in [6.45, 7) is 3.87. The van der Waals surface area contributed by atoms with Gasteiger partial charge >= 0.3 is 0 Å². The fourth-order valence-electron chi connectivity index (χ4n) is 3.74. The SMILES string of the molecule is COc1ccc(OC)c(C2C(C)=C(C#N)Oc3c2nc(N)n3-c2ccc(C)cc2)c1. The number of nitriles is 1. The topological polar surface area (TPSA) is 95.3 Å². The van der Waals surface area contributed by atoms with Gasteiger partial charge in [0.1, 0.15) is 23.3 Å². The lowest BCUT2D eigenvalue weighted by atomic mass is 9.86. The van der Waals surface area contributed by atoms with Crippen molar-refractivity contribution in [1.29, 1.82) is 5.26 Å². The van der Waals surface area contributed by atoms with Gasteiger partial charge in [0, 0.05) is 5.56 Å². The first-order valence-electron chi connectivity index (χ1n) is 9.44. The normalized spacial score (nSPS) is 15.2. The first kappa shape index (κ1) is 19.4. The second-order valence-corrected chi connectivity index (χ2v) is 7.10. The Morgan fingerprint density at radius 2 is 1.83 bits per heavy atom. The van der Waals surface area contributed by atoms with Crippen molar-refractivity contribution in [3.05, 3.63) is 70.6 Å². The van der Waals surface area contributed by atoms with Crippen LogP contribution in [0.1, 0.15) is 29.7 Å². The quantitative estimate of drug-likeness (QED) is 0.706. The van der Waals surface area contributed by atoms with Crippen molar-refractivity contribution in [3.63, 3.8) is 0 Å². The van der Waals surface area contributed by atoms with Crippen LogP contribution in [0, 0.1) is 18.3 Å². The van der Waals surface area contributed by atoms with Gasteiger partial charge in [0.15, 0.2) is 0 Å². The Morgan fingerprint density at radius 3 is 2.47 bits per heavy atom. The van der Waals surface area contributed by atoms with E-state index in [0.717, 1.165) is 22.4 Å². The number of allylic oxidation sites excluding steroid dienone is 2. The summed E-state index contributed by atoms with van der Waals surface area (Å²) < 4.78 is 18.7. The number of nitrogen functional groups attached to an aromatic ring is 1. The molecular weight excluding hydrogens is 380 g/mol. The predicted molar refractivity (Wildman–Crippen MR) is 113 cm³/mol. The molecular formula is C23H22N4O3. The molecule has 30 heavy (non-hydrogen) atoms. The molecule has 7 heteroatoms. The number of aromatic nitrogens is 2. The second kappa shape index (κ2) is 7.48. The fraction of sp³-hybridized carbons (Fsp3) is 0.217. The third-order valence-electron chi connectivity index (χ3n) is 5.29. The van der Waals surface area contributed by atoms with E-state index in [1.54, 1.807) is 18.8 Å². The van der Waals surface area contributed by atoms with E-state index in [1.807, 2.05) is 56.3 Å². The maximum atomic E-state index is 9.73. The van der Waals surface area contributed by atoms with E-state index in [4.69, 9.17) is 19.9 Å². The molecule has 0 radical (unpaired) electrons. The van der Waals surface area contributed by atoms with E-state index in [1.165, 1.54) is 0 Å². The molecule has 1 atom stereocenters. The van der Waals surface area contributed by atoms with Crippen LogP contribution in [0.25, 0.3) is 5.69 Å². The van der Waals surface area contributed by atoms with Crippen molar-refractivity contribution in [1.82, 2.24) is 9.55 Å². The van der Waals surface area contributed by atoms with Gasteiger partial charge in [-0.05, 0) is 49.8 Å². The molecule has 2 heterocycles. The Labute approximate surface area is 174 Å². The molecule has 4 rings (SSSR count). The zero-order chi connectivity index (χ0) is 21.4. The molecule has 1 aliphatic rings. The number of aryl methyl sites for hydroxylation is 1. The second-order valence-electron chi connectivity index (χ2n) is 7.10. The van der Waals surface area contributed by atoms with E-state index in [9.17, 15) is 5.26 Å². The summed E-state index contributed by atoms with van der Waals surface area (Å²) in [5.41, 5.74) is 10.4. The molecule has 152 valence electrons. The minimum Gasteiger partial charge on any atom is -0.497 e. The van der Waals surface area contributed by atoms with Crippen LogP contribution in [0.2, 0.25) is 0 Å². The number of nitrogens with zero attached hydrogens (tertiary/aromatic N) is 3. The summed E-state index contributed by atoms with van der Waals surface area (Å²) in [6, 6.07) is 15.6. The number of imidazole rings is 1. The number of rotatable bonds is 4. The predicted octanol–water partition coefficient (Wildman–Crippen LogP) is 4.10. The van der Waals surface area contributed by atoms with E-state index in [-0.39, 0.29) is 17.6 Å². The van der Waals surface area contributed by atoms with Crippen molar-refractivity contribution in [3.8, 4) is 29.1 Å². The van der Waals surface area contributed by atoms with Gasteiger partial charge in [-0.15, -0.1) is 0 Å². The molecule has 7 nitrogen and oxygen atoms in total. The minimum absolute atomic E-state index is 0.214. The summed E-state index contributed by atoms with van der Waals surface area (Å²) in [7, 11) is 3.21. The summed E-state index contributed by atoms with van der Waals surface area (Å²) in [5, 5.41) is 9.73. The lowest BCUT2D eigenvalue weighted by Gasteiger charge is -2.26. The fourth-order valence-corrected chi connectivity index (χ4v) is 3.74. The highest BCUT2D eigenvalue weighted by atomic mass is 16.5. The van der Waals surface area contributed by atoms with E-state index < -0.39 is 0 Å². The third-order valence-corrected chi connectivity index (χ3v) is 5.29. The van der Waals surface area contributed by atoms with Crippen LogP contribution in [0.3, 0.4) is 0 Å². The van der Waals surface area contributed by atoms with Gasteiger partial charge in [-0.3, -0.25) is 0 Å². The molecule has 1 unspecified atom stereocenters. The van der Waals surface area contributed by atoms with Gasteiger partial charge in [0.2, 0.25) is 17.6 Å². The molecule has 0 aliphatic carbocycles. The van der Waals surface area contributed by atoms with Crippen LogP contribution in [-0.2, 0) is 0 Å². The van der Waals surface area contributed by atoms with E-state index in [0.29, 0.717) is 23.1 Å². The van der Waals surface area contributed by atoms with Crippen LogP contribution >= 0.6 is 0 Å². The monoisotopic (exact) mass is 402 g/mol. The van der Waals surface area contributed by atoms with Crippen molar-refractivity contribution >= 4 is 5.95 Å². The summed E-state index contributed by atoms with van der Waals surface area (Å²) in [5.74, 6) is 1.88. The van der Waals surface area contributed by atoms with Gasteiger partial charge in [0.05, 0.1) is 25.8 Å². The number of anilines is 1. The third kappa shape index (κ3) is 3.03. The molecule has 0 saturated carbocycles. The zero-order valence-corrected chi connectivity index (χ0v) is 17.3. The van der Waals surface area contributed by atoms with Crippen molar-refractivity contribution in [2.24, 2.45) is 0 Å². The number of methoxy groups -OCH3 is 2. The van der Waals surface area contributed by atoms with Crippen molar-refractivity contribution in [2.45, 2.75) is 19.8 Å². The van der Waals surface area contributed by atoms with Gasteiger partial charge < -0.3 is 19.9 Å². The number of fused-ring (bicyclic) bond motifs is 1. The molecule has 0 spiro atoms. The highest BCUT2D eigenvalue weighted by molar-refractivity contribution is 5.59. The van der Waals surface area contributed by atoms with E-state index >= 15 is 0 Å². The average Bonchev–Trinajstić information content (AvgIpc) is 3.08. The van der Waals surface area contributed by atoms with Crippen LogP contribution < -0.4 is 19.9 Å². The largest absolute Gasteiger partial charge is 0.497 e. The lowest BCUT2D eigenvalue weighted by molar-refractivity contribution is 0.382. The molecule has 0 fully saturated rings. The van der Waals surface area contributed by atoms with Gasteiger partial charge in [0.25, 0.3) is 0 Å². The first-order chi connectivity index (χ1) is 14.5. The highest BCUT2D eigenvalue weighted by Crippen LogP contribution is 2.47. The molecule has 1 aromatic heterocycles. The zero-order valence-electron chi connectivity index (χ0n) is 17.3. The molecule has 1 aliphatic heterocycles. The maximum absolute atomic E-state index is 9.73. The molecule has 0 bridgehead atoms. The Morgan fingerprint density at radius 1 is 1.10 bits per heavy atom. The summed E-state index contributed by atoms with van der Waals surface area (Å²) in [6.07, 6.45) is 0. The molecule has 0 saturated heterocycles. The van der Waals surface area contributed by atoms with Crippen molar-refractivity contribution in [2.75, 3.05) is 20.0 Å². The standard InChI is InChI=1S/C23H22N4O3/c1-13-5-7-15(8-6-13)27-22-21(26-23(27)25)20(14(2)19(12-24)30-22)17-11-16(28-3)9-10-18(17)29-4/h5-11,20H,1-4H3,(H2,25,26). The number of hydrogen-bond donors (Lipinski definition) is 1. The Kier molecular flexibility index (Phi) is 4.84. The first-order valence-corrected chi connectivity index (χ1v) is 9.44. The van der Waals surface area contributed by atoms with Gasteiger partial charge in [-0.1, -0.05) is 17.7 Å². The lowest BCUT2D eigenvalue weighted by Crippen LogP contribution is -2.17. The molecule has 2 N–H and O–H groups in total.